The van der Waals surface area contributed by atoms with Gasteiger partial charge in [0.25, 0.3) is 0 Å². The molecule has 2 N–H and O–H groups in total. The molecule has 0 aliphatic carbocycles. The van der Waals surface area contributed by atoms with E-state index in [-0.39, 0.29) is 19.0 Å². The summed E-state index contributed by atoms with van der Waals surface area (Å²) in [7, 11) is -3.56. The van der Waals surface area contributed by atoms with Gasteiger partial charge in [0.2, 0.25) is 0 Å². The minimum atomic E-state index is -5.23. The SMILES string of the molecule is CN=C(NCCC1CCCO1)NCC1CCN(S(=O)(=O)C(F)(F)F)CC1. The van der Waals surface area contributed by atoms with Gasteiger partial charge in [0.1, 0.15) is 0 Å². The molecule has 0 aromatic rings. The molecule has 0 aromatic carbocycles. The first-order valence-corrected chi connectivity index (χ1v) is 10.3. The topological polar surface area (TPSA) is 83.0 Å². The van der Waals surface area contributed by atoms with E-state index in [1.807, 2.05) is 0 Å². The maximum Gasteiger partial charge on any atom is 0.511 e. The first-order valence-electron chi connectivity index (χ1n) is 8.86. The number of nitrogens with zero attached hydrogens (tertiary/aromatic N) is 2. The van der Waals surface area contributed by atoms with Crippen molar-refractivity contribution in [2.45, 2.75) is 43.7 Å². The van der Waals surface area contributed by atoms with Crippen LogP contribution < -0.4 is 10.6 Å². The van der Waals surface area contributed by atoms with Gasteiger partial charge in [-0.15, -0.1) is 0 Å². The van der Waals surface area contributed by atoms with Crippen LogP contribution >= 0.6 is 0 Å². The molecule has 152 valence electrons. The molecule has 0 aromatic heterocycles. The quantitative estimate of drug-likeness (QED) is 0.519. The first kappa shape index (κ1) is 21.2. The van der Waals surface area contributed by atoms with Crippen molar-refractivity contribution in [2.75, 3.05) is 39.8 Å². The van der Waals surface area contributed by atoms with Gasteiger partial charge in [0.15, 0.2) is 5.96 Å². The van der Waals surface area contributed by atoms with Gasteiger partial charge in [0, 0.05) is 39.8 Å². The van der Waals surface area contributed by atoms with Crippen molar-refractivity contribution in [1.29, 1.82) is 0 Å². The summed E-state index contributed by atoms with van der Waals surface area (Å²) in [4.78, 5) is 4.12. The number of halogens is 3. The minimum absolute atomic E-state index is 0.103. The Morgan fingerprint density at radius 3 is 2.46 bits per heavy atom. The van der Waals surface area contributed by atoms with Gasteiger partial charge >= 0.3 is 15.5 Å². The summed E-state index contributed by atoms with van der Waals surface area (Å²) in [5.41, 5.74) is -5.23. The molecule has 0 amide bonds. The zero-order chi connectivity index (χ0) is 19.2. The number of sulfonamides is 1. The molecule has 2 fully saturated rings. The average molecular weight is 400 g/mol. The van der Waals surface area contributed by atoms with E-state index in [4.69, 9.17) is 4.74 Å². The van der Waals surface area contributed by atoms with Crippen molar-refractivity contribution in [3.05, 3.63) is 0 Å². The Balaban J connectivity index is 1.68. The van der Waals surface area contributed by atoms with Crippen molar-refractivity contribution in [1.82, 2.24) is 14.9 Å². The van der Waals surface area contributed by atoms with E-state index >= 15 is 0 Å². The molecule has 26 heavy (non-hydrogen) atoms. The summed E-state index contributed by atoms with van der Waals surface area (Å²) in [5, 5.41) is 6.35. The second kappa shape index (κ2) is 9.23. The molecule has 0 saturated carbocycles. The number of nitrogens with one attached hydrogen (secondary N) is 2. The van der Waals surface area contributed by atoms with E-state index < -0.39 is 15.5 Å². The third kappa shape index (κ3) is 5.71. The Bertz CT molecular complexity index is 569. The van der Waals surface area contributed by atoms with Crippen LogP contribution in [0.25, 0.3) is 0 Å². The van der Waals surface area contributed by atoms with Gasteiger partial charge in [-0.3, -0.25) is 4.99 Å². The Morgan fingerprint density at radius 2 is 1.92 bits per heavy atom. The molecule has 2 aliphatic heterocycles. The van der Waals surface area contributed by atoms with Crippen molar-refractivity contribution in [3.63, 3.8) is 0 Å². The molecular formula is C15H27F3N4O3S. The molecule has 11 heteroatoms. The lowest BCUT2D eigenvalue weighted by Gasteiger charge is -2.31. The van der Waals surface area contributed by atoms with Gasteiger partial charge in [-0.1, -0.05) is 0 Å². The number of alkyl halides is 3. The van der Waals surface area contributed by atoms with Gasteiger partial charge in [0.05, 0.1) is 6.10 Å². The fourth-order valence-corrected chi connectivity index (χ4v) is 4.17. The number of rotatable bonds is 6. The molecule has 2 rings (SSSR count). The summed E-state index contributed by atoms with van der Waals surface area (Å²) in [5.74, 6) is 0.736. The van der Waals surface area contributed by atoms with Crippen LogP contribution in [0.4, 0.5) is 13.2 Å². The summed E-state index contributed by atoms with van der Waals surface area (Å²) in [6.07, 6.45) is 4.13. The second-order valence-electron chi connectivity index (χ2n) is 6.60. The highest BCUT2D eigenvalue weighted by Gasteiger charge is 2.50. The van der Waals surface area contributed by atoms with Gasteiger partial charge in [-0.05, 0) is 38.0 Å². The number of hydrogen-bond donors (Lipinski definition) is 2. The molecular weight excluding hydrogens is 373 g/mol. The number of piperidine rings is 1. The zero-order valence-electron chi connectivity index (χ0n) is 14.9. The van der Waals surface area contributed by atoms with Gasteiger partial charge in [-0.2, -0.15) is 17.5 Å². The monoisotopic (exact) mass is 400 g/mol. The third-order valence-electron chi connectivity index (χ3n) is 4.77. The highest BCUT2D eigenvalue weighted by Crippen LogP contribution is 2.30. The summed E-state index contributed by atoms with van der Waals surface area (Å²) < 4.78 is 66.6. The number of guanidine groups is 1. The van der Waals surface area contributed by atoms with Crippen molar-refractivity contribution in [2.24, 2.45) is 10.9 Å². The van der Waals surface area contributed by atoms with Gasteiger partial charge < -0.3 is 15.4 Å². The standard InChI is InChI=1S/C15H27F3N4O3S/c1-19-14(20-7-4-13-3-2-10-25-13)21-11-12-5-8-22(9-6-12)26(23,24)15(16,17)18/h12-13H,2-11H2,1H3,(H2,19,20,21). The van der Waals surface area contributed by atoms with Crippen LogP contribution in [0.3, 0.4) is 0 Å². The number of aliphatic imine (C=N–C) groups is 1. The van der Waals surface area contributed by atoms with Crippen LogP contribution in [-0.2, 0) is 14.8 Å². The van der Waals surface area contributed by atoms with E-state index in [0.29, 0.717) is 35.8 Å². The fraction of sp³-hybridized carbons (Fsp3) is 0.933. The van der Waals surface area contributed by atoms with Crippen LogP contribution in [0.5, 0.6) is 0 Å². The summed E-state index contributed by atoms with van der Waals surface area (Å²) in [6.45, 7) is 1.87. The summed E-state index contributed by atoms with van der Waals surface area (Å²) in [6, 6.07) is 0. The lowest BCUT2D eigenvalue weighted by Crippen LogP contribution is -2.47. The van der Waals surface area contributed by atoms with Crippen molar-refractivity contribution in [3.8, 4) is 0 Å². The van der Waals surface area contributed by atoms with E-state index in [9.17, 15) is 21.6 Å². The molecule has 1 unspecified atom stereocenters. The third-order valence-corrected chi connectivity index (χ3v) is 6.40. The number of hydrogen-bond acceptors (Lipinski definition) is 4. The van der Waals surface area contributed by atoms with Crippen LogP contribution in [0.1, 0.15) is 32.1 Å². The Hall–Kier alpha value is -1.07. The van der Waals surface area contributed by atoms with E-state index in [0.717, 1.165) is 32.4 Å². The minimum Gasteiger partial charge on any atom is -0.378 e. The fourth-order valence-electron chi connectivity index (χ4n) is 3.19. The zero-order valence-corrected chi connectivity index (χ0v) is 15.7. The maximum atomic E-state index is 12.6. The predicted molar refractivity (Wildman–Crippen MR) is 92.2 cm³/mol. The van der Waals surface area contributed by atoms with Crippen LogP contribution in [0, 0.1) is 5.92 Å². The van der Waals surface area contributed by atoms with Crippen molar-refractivity contribution >= 4 is 16.0 Å². The normalized spacial score (nSPS) is 24.0. The molecule has 0 spiro atoms. The lowest BCUT2D eigenvalue weighted by atomic mass is 9.98. The Labute approximate surface area is 152 Å². The molecule has 2 saturated heterocycles. The van der Waals surface area contributed by atoms with E-state index in [1.54, 1.807) is 7.05 Å². The number of ether oxygens (including phenoxy) is 1. The second-order valence-corrected chi connectivity index (χ2v) is 8.53. The Morgan fingerprint density at radius 1 is 1.23 bits per heavy atom. The molecule has 2 aliphatic rings. The molecule has 1 atom stereocenters. The molecule has 7 nitrogen and oxygen atoms in total. The highest BCUT2D eigenvalue weighted by molar-refractivity contribution is 7.90. The smallest absolute Gasteiger partial charge is 0.378 e. The van der Waals surface area contributed by atoms with E-state index in [2.05, 4.69) is 15.6 Å². The van der Waals surface area contributed by atoms with Crippen LogP contribution in [0.15, 0.2) is 4.99 Å². The maximum absolute atomic E-state index is 12.6. The molecule has 0 bridgehead atoms. The van der Waals surface area contributed by atoms with Gasteiger partial charge in [-0.25, -0.2) is 8.42 Å². The van der Waals surface area contributed by atoms with Crippen LogP contribution in [-0.4, -0.2) is 70.1 Å². The highest BCUT2D eigenvalue weighted by atomic mass is 32.2. The molecule has 0 radical (unpaired) electrons. The van der Waals surface area contributed by atoms with Crippen LogP contribution in [0.2, 0.25) is 0 Å². The van der Waals surface area contributed by atoms with E-state index in [1.165, 1.54) is 0 Å². The largest absolute Gasteiger partial charge is 0.511 e. The lowest BCUT2D eigenvalue weighted by molar-refractivity contribution is -0.0496. The summed E-state index contributed by atoms with van der Waals surface area (Å²) >= 11 is 0. The van der Waals surface area contributed by atoms with Crippen molar-refractivity contribution < 1.29 is 26.3 Å². The Kier molecular flexibility index (Phi) is 7.53. The average Bonchev–Trinajstić information content (AvgIpc) is 3.10. The molecule has 2 heterocycles. The first-order chi connectivity index (χ1) is 12.2. The predicted octanol–water partition coefficient (Wildman–Crippen LogP) is 1.28.